The van der Waals surface area contributed by atoms with Crippen LogP contribution in [0.15, 0.2) is 0 Å². The molecule has 19 heavy (non-hydrogen) atoms. The molecule has 1 unspecified atom stereocenters. The van der Waals surface area contributed by atoms with Crippen LogP contribution < -0.4 is 0 Å². The van der Waals surface area contributed by atoms with Gasteiger partial charge in [0.05, 0.1) is 0 Å². The van der Waals surface area contributed by atoms with E-state index in [1.165, 1.54) is 47.4 Å². The van der Waals surface area contributed by atoms with Gasteiger partial charge < -0.3 is 0 Å². The Hall–Kier alpha value is 0.576. The molecule has 2 heteroatoms. The Morgan fingerprint density at radius 1 is 0.947 bits per heavy atom. The molecule has 0 saturated carbocycles. The summed E-state index contributed by atoms with van der Waals surface area (Å²) >= 11 is -2.38. The maximum atomic E-state index is 6.18. The fourth-order valence-corrected chi connectivity index (χ4v) is 35.2. The van der Waals surface area contributed by atoms with E-state index in [-0.39, 0.29) is 0 Å². The second-order valence-electron chi connectivity index (χ2n) is 7.21. The van der Waals surface area contributed by atoms with E-state index in [9.17, 15) is 0 Å². The summed E-state index contributed by atoms with van der Waals surface area (Å²) in [5.74, 6) is 0. The Kier molecular flexibility index (Phi) is 9.79. The Balaban J connectivity index is 5.28. The van der Waals surface area contributed by atoms with Gasteiger partial charge in [-0.1, -0.05) is 0 Å². The summed E-state index contributed by atoms with van der Waals surface area (Å²) in [7, 11) is -1.11. The van der Waals surface area contributed by atoms with Crippen molar-refractivity contribution in [2.75, 3.05) is 0 Å². The molecule has 0 N–H and O–H groups in total. The average molecular weight is 387 g/mol. The van der Waals surface area contributed by atoms with Crippen LogP contribution in [0.25, 0.3) is 0 Å². The Labute approximate surface area is 128 Å². The van der Waals surface area contributed by atoms with Gasteiger partial charge in [0.2, 0.25) is 0 Å². The topological polar surface area (TPSA) is 0 Å². The van der Waals surface area contributed by atoms with Gasteiger partial charge in [0.25, 0.3) is 0 Å². The average Bonchev–Trinajstić information content (AvgIpc) is 2.36. The third kappa shape index (κ3) is 6.25. The third-order valence-electron chi connectivity index (χ3n) is 4.53. The molecule has 0 aliphatic rings. The van der Waals surface area contributed by atoms with E-state index in [0.29, 0.717) is 0 Å². The molecule has 0 aromatic carbocycles. The molecule has 0 bridgehead atoms. The first-order valence-electron chi connectivity index (χ1n) is 8.35. The molecule has 0 nitrogen and oxygen atoms in total. The van der Waals surface area contributed by atoms with Crippen molar-refractivity contribution in [3.05, 3.63) is 0 Å². The zero-order chi connectivity index (χ0) is 14.9. The summed E-state index contributed by atoms with van der Waals surface area (Å²) < 4.78 is 7.43. The van der Waals surface area contributed by atoms with Crippen LogP contribution in [-0.4, -0.2) is 26.5 Å². The van der Waals surface area contributed by atoms with Crippen LogP contribution in [0.5, 0.6) is 0 Å². The summed E-state index contributed by atoms with van der Waals surface area (Å²) in [4.78, 5) is 0. The van der Waals surface area contributed by atoms with Crippen LogP contribution in [-0.2, 0) is 0 Å². The van der Waals surface area contributed by atoms with Crippen molar-refractivity contribution in [2.45, 2.75) is 91.4 Å². The summed E-state index contributed by atoms with van der Waals surface area (Å²) in [6.07, 6.45) is 14.3. The van der Waals surface area contributed by atoms with E-state index in [4.69, 9.17) is 6.42 Å². The fourth-order valence-electron chi connectivity index (χ4n) is 3.53. The number of hydrogen-bond donors (Lipinski definition) is 0. The van der Waals surface area contributed by atoms with Crippen molar-refractivity contribution in [1.82, 2.24) is 0 Å². The number of unbranched alkanes of at least 4 members (excludes halogenated alkanes) is 2. The molecule has 0 radical (unpaired) electrons. The minimum absolute atomic E-state index is 0.995. The van der Waals surface area contributed by atoms with Crippen molar-refractivity contribution in [1.29, 1.82) is 0 Å². The molecule has 0 amide bonds. The zero-order valence-electron chi connectivity index (χ0n) is 14.3. The van der Waals surface area contributed by atoms with Gasteiger partial charge >= 0.3 is 128 Å². The summed E-state index contributed by atoms with van der Waals surface area (Å²) in [5.41, 5.74) is 0. The van der Waals surface area contributed by atoms with Crippen molar-refractivity contribution < 1.29 is 0 Å². The predicted octanol–water partition coefficient (Wildman–Crippen LogP) is 6.26. The molecule has 0 fully saturated rings. The van der Waals surface area contributed by atoms with E-state index < -0.39 is 26.5 Å². The van der Waals surface area contributed by atoms with E-state index in [2.05, 4.69) is 44.3 Å². The molecule has 112 valence electrons. The van der Waals surface area contributed by atoms with Gasteiger partial charge in [-0.05, 0) is 0 Å². The predicted molar refractivity (Wildman–Crippen MR) is 96.0 cm³/mol. The summed E-state index contributed by atoms with van der Waals surface area (Å²) in [5, 5.41) is 0. The molecule has 0 aliphatic carbocycles. The number of hydrogen-bond acceptors (Lipinski definition) is 0. The van der Waals surface area contributed by atoms with Gasteiger partial charge in [0.15, 0.2) is 0 Å². The second-order valence-corrected chi connectivity index (χ2v) is 26.6. The normalized spacial score (nSPS) is 14.2. The zero-order valence-corrected chi connectivity index (χ0v) is 18.2. The standard InChI is InChI=1S/C7H17Si.2C4H9.C2H.Sn/c1-5-6-7-8(2,3)4;2*1-3-4-2;1-2;/h7H,5-6H2,1-4H3;2*1,3-4H2,2H3;1H;. The molecule has 0 aliphatic heterocycles. The van der Waals surface area contributed by atoms with Gasteiger partial charge in [-0.2, -0.15) is 0 Å². The van der Waals surface area contributed by atoms with E-state index in [1.807, 2.05) is 0 Å². The minimum atomic E-state index is -2.38. The molecule has 0 heterocycles. The molecule has 0 aromatic rings. The Morgan fingerprint density at radius 2 is 1.42 bits per heavy atom. The van der Waals surface area contributed by atoms with Crippen molar-refractivity contribution in [2.24, 2.45) is 0 Å². The van der Waals surface area contributed by atoms with Crippen molar-refractivity contribution in [3.63, 3.8) is 0 Å². The number of terminal acetylenes is 1. The van der Waals surface area contributed by atoms with E-state index in [0.717, 1.165) is 3.56 Å². The molecule has 0 saturated heterocycles. The molecule has 1 atom stereocenters. The third-order valence-corrected chi connectivity index (χ3v) is 31.4. The van der Waals surface area contributed by atoms with Gasteiger partial charge in [0.1, 0.15) is 0 Å². The fraction of sp³-hybridized carbons (Fsp3) is 0.882. The first-order chi connectivity index (χ1) is 8.87. The Bertz CT molecular complexity index is 264. The molecular formula is C17H36SiSn. The SMILES string of the molecule is C#[C][Sn]([CH2]CCC)([CH2]CCC)[CH](CCC)[Si](C)(C)C. The first-order valence-corrected chi connectivity index (χ1v) is 19.0. The monoisotopic (exact) mass is 388 g/mol. The van der Waals surface area contributed by atoms with Crippen LogP contribution in [0.1, 0.15) is 59.3 Å². The van der Waals surface area contributed by atoms with E-state index >= 15 is 0 Å². The molecule has 0 aromatic heterocycles. The van der Waals surface area contributed by atoms with Gasteiger partial charge in [-0.3, -0.25) is 0 Å². The maximum absolute atomic E-state index is 6.18. The van der Waals surface area contributed by atoms with Crippen LogP contribution >= 0.6 is 0 Å². The van der Waals surface area contributed by atoms with Crippen LogP contribution in [0.2, 0.25) is 32.1 Å². The summed E-state index contributed by atoms with van der Waals surface area (Å²) in [6.45, 7) is 14.7. The van der Waals surface area contributed by atoms with Crippen molar-refractivity contribution in [3.8, 4) is 10.4 Å². The molecule has 0 rings (SSSR count). The van der Waals surface area contributed by atoms with Crippen LogP contribution in [0.3, 0.4) is 0 Å². The van der Waals surface area contributed by atoms with Gasteiger partial charge in [-0.15, -0.1) is 0 Å². The molecule has 0 spiro atoms. The Morgan fingerprint density at radius 3 is 1.68 bits per heavy atom. The first kappa shape index (κ1) is 19.6. The van der Waals surface area contributed by atoms with Gasteiger partial charge in [-0.25, -0.2) is 0 Å². The molecular weight excluding hydrogens is 351 g/mol. The summed E-state index contributed by atoms with van der Waals surface area (Å²) in [6, 6.07) is 0. The van der Waals surface area contributed by atoms with Crippen LogP contribution in [0, 0.1) is 10.4 Å². The van der Waals surface area contributed by atoms with Crippen molar-refractivity contribution >= 4 is 26.5 Å². The quantitative estimate of drug-likeness (QED) is 0.307. The van der Waals surface area contributed by atoms with Crippen LogP contribution in [0.4, 0.5) is 0 Å². The van der Waals surface area contributed by atoms with Gasteiger partial charge in [0, 0.05) is 0 Å². The second kappa shape index (κ2) is 9.50. The van der Waals surface area contributed by atoms with E-state index in [1.54, 1.807) is 0 Å². The number of rotatable bonds is 10.